The lowest BCUT2D eigenvalue weighted by Crippen LogP contribution is -2.25. The summed E-state index contributed by atoms with van der Waals surface area (Å²) >= 11 is 6.04. The first-order chi connectivity index (χ1) is 13.6. The first-order valence-corrected chi connectivity index (χ1v) is 9.04. The Morgan fingerprint density at radius 3 is 2.52 bits per heavy atom. The quantitative estimate of drug-likeness (QED) is 0.541. The van der Waals surface area contributed by atoms with E-state index in [1.807, 2.05) is 43.3 Å². The summed E-state index contributed by atoms with van der Waals surface area (Å²) in [7, 11) is 0. The van der Waals surface area contributed by atoms with E-state index in [9.17, 15) is 5.11 Å². The van der Waals surface area contributed by atoms with Gasteiger partial charge in [0.05, 0.1) is 12.1 Å². The van der Waals surface area contributed by atoms with Crippen molar-refractivity contribution in [3.8, 4) is 11.5 Å². The number of halogens is 1. The summed E-state index contributed by atoms with van der Waals surface area (Å²) < 4.78 is 10.7. The van der Waals surface area contributed by atoms with Crippen LogP contribution in [0.1, 0.15) is 18.6 Å². The highest BCUT2D eigenvalue weighted by Gasteiger charge is 2.18. The smallest absolute Gasteiger partial charge is 0.233 e. The fourth-order valence-corrected chi connectivity index (χ4v) is 2.96. The Labute approximate surface area is 179 Å². The van der Waals surface area contributed by atoms with Gasteiger partial charge in [-0.2, -0.15) is 28.4 Å². The lowest BCUT2D eigenvalue weighted by atomic mass is 10.0. The number of nitrogens with zero attached hydrogens (tertiary/aromatic N) is 3. The molecule has 29 heavy (non-hydrogen) atoms. The van der Waals surface area contributed by atoms with Gasteiger partial charge in [0.2, 0.25) is 24.0 Å². The van der Waals surface area contributed by atoms with Gasteiger partial charge in [0, 0.05) is 11.8 Å². The van der Waals surface area contributed by atoms with E-state index in [2.05, 4.69) is 25.6 Å². The third kappa shape index (κ3) is 5.00. The van der Waals surface area contributed by atoms with Gasteiger partial charge in [0.1, 0.15) is 0 Å². The molecule has 0 fully saturated rings. The van der Waals surface area contributed by atoms with Crippen LogP contribution in [-0.4, -0.2) is 32.9 Å². The van der Waals surface area contributed by atoms with Crippen LogP contribution in [0.15, 0.2) is 48.5 Å². The molecule has 8 nitrogen and oxygen atoms in total. The second-order valence-electron chi connectivity index (χ2n) is 6.23. The van der Waals surface area contributed by atoms with Crippen LogP contribution in [-0.2, 0) is 0 Å². The molecule has 2 aromatic carbocycles. The molecule has 152 valence electrons. The number of ether oxygens (including phenoxy) is 2. The molecule has 0 aliphatic carbocycles. The molecule has 0 unspecified atom stereocenters. The predicted octanol–water partition coefficient (Wildman–Crippen LogP) is 3.64. The van der Waals surface area contributed by atoms with Crippen molar-refractivity contribution in [1.82, 2.24) is 15.0 Å². The second kappa shape index (κ2) is 9.17. The minimum atomic E-state index is -0.734. The summed E-state index contributed by atoms with van der Waals surface area (Å²) in [6.45, 7) is 2.03. The number of aliphatic hydroxyl groups excluding tert-OH is 1. The van der Waals surface area contributed by atoms with Gasteiger partial charge in [-0.25, -0.2) is 0 Å². The number of hydrogen-bond donors (Lipinski definition) is 3. The number of aromatic nitrogens is 3. The fraction of sp³-hybridized carbons (Fsp3) is 0.211. The van der Waals surface area contributed by atoms with Crippen molar-refractivity contribution in [3.63, 3.8) is 0 Å². The highest BCUT2D eigenvalue weighted by molar-refractivity contribution is 7.59. The Morgan fingerprint density at radius 2 is 1.72 bits per heavy atom. The van der Waals surface area contributed by atoms with Crippen LogP contribution in [0, 0.1) is 0 Å². The molecule has 0 spiro atoms. The van der Waals surface area contributed by atoms with Gasteiger partial charge in [-0.1, -0.05) is 30.3 Å². The van der Waals surface area contributed by atoms with Crippen LogP contribution in [0.25, 0.3) is 0 Å². The minimum Gasteiger partial charge on any atom is -0.454 e. The van der Waals surface area contributed by atoms with E-state index in [4.69, 9.17) is 21.1 Å². The average Bonchev–Trinajstić information content (AvgIpc) is 3.15. The van der Waals surface area contributed by atoms with E-state index < -0.39 is 6.10 Å². The van der Waals surface area contributed by atoms with Crippen molar-refractivity contribution in [2.75, 3.05) is 17.4 Å². The van der Waals surface area contributed by atoms with Gasteiger partial charge < -0.3 is 25.2 Å². The van der Waals surface area contributed by atoms with E-state index in [-0.39, 0.29) is 43.5 Å². The third-order valence-electron chi connectivity index (χ3n) is 4.21. The van der Waals surface area contributed by atoms with E-state index >= 15 is 0 Å². The van der Waals surface area contributed by atoms with Crippen LogP contribution in [0.2, 0.25) is 5.28 Å². The summed E-state index contributed by atoms with van der Waals surface area (Å²) in [5.74, 6) is 1.85. The highest BCUT2D eigenvalue weighted by Crippen LogP contribution is 2.34. The van der Waals surface area contributed by atoms with Crippen LogP contribution in [0.5, 0.6) is 11.5 Å². The molecule has 3 N–H and O–H groups in total. The zero-order valence-corrected chi connectivity index (χ0v) is 17.2. The number of rotatable bonds is 6. The molecular formula is C19H20ClN5O3S. The molecule has 1 aliphatic rings. The van der Waals surface area contributed by atoms with Gasteiger partial charge in [-0.05, 0) is 36.2 Å². The van der Waals surface area contributed by atoms with Crippen molar-refractivity contribution in [3.05, 3.63) is 59.4 Å². The van der Waals surface area contributed by atoms with E-state index in [1.54, 1.807) is 12.1 Å². The number of hydrogen-bond acceptors (Lipinski definition) is 8. The molecule has 0 bridgehead atoms. The summed E-state index contributed by atoms with van der Waals surface area (Å²) in [4.78, 5) is 12.5. The second-order valence-corrected chi connectivity index (χ2v) is 6.57. The standard InChI is InChI=1S/C19H18ClN5O3.H2S/c1-11(16(26)12-5-3-2-4-6-12)21-18-23-17(20)24-19(25-18)22-13-7-8-14-15(9-13)28-10-27-14;/h2-9,11,16,26H,10H2,1H3,(H2,21,22,23,24,25);1H2/t11-,16-;/m1./s1. The molecule has 4 rings (SSSR count). The molecule has 2 atom stereocenters. The van der Waals surface area contributed by atoms with Gasteiger partial charge in [0.25, 0.3) is 0 Å². The Hall–Kier alpha value is -2.75. The Kier molecular flexibility index (Phi) is 6.63. The number of nitrogens with one attached hydrogen (secondary N) is 2. The molecular weight excluding hydrogens is 414 g/mol. The number of anilines is 3. The SMILES string of the molecule is C[C@@H](Nc1nc(Cl)nc(Nc2ccc3c(c2)OCO3)n1)[C@@H](O)c1ccccc1.S. The van der Waals surface area contributed by atoms with Crippen molar-refractivity contribution in [2.24, 2.45) is 0 Å². The predicted molar refractivity (Wildman–Crippen MR) is 116 cm³/mol. The van der Waals surface area contributed by atoms with Crippen LogP contribution < -0.4 is 20.1 Å². The summed E-state index contributed by atoms with van der Waals surface area (Å²) in [5.41, 5.74) is 1.51. The number of benzene rings is 2. The molecule has 1 aromatic heterocycles. The Morgan fingerprint density at radius 1 is 1.00 bits per heavy atom. The summed E-state index contributed by atoms with van der Waals surface area (Å²) in [6, 6.07) is 14.4. The fourth-order valence-electron chi connectivity index (χ4n) is 2.80. The number of fused-ring (bicyclic) bond motifs is 1. The molecule has 0 amide bonds. The van der Waals surface area contributed by atoms with Crippen molar-refractivity contribution < 1.29 is 14.6 Å². The lowest BCUT2D eigenvalue weighted by Gasteiger charge is -2.20. The van der Waals surface area contributed by atoms with Crippen LogP contribution in [0.3, 0.4) is 0 Å². The first kappa shape index (κ1) is 21.0. The van der Waals surface area contributed by atoms with Crippen molar-refractivity contribution >= 4 is 42.7 Å². The molecule has 1 aliphatic heterocycles. The maximum Gasteiger partial charge on any atom is 0.233 e. The zero-order valence-electron chi connectivity index (χ0n) is 15.5. The molecule has 3 aromatic rings. The Balaban J connectivity index is 0.00000240. The highest BCUT2D eigenvalue weighted by atomic mass is 35.5. The first-order valence-electron chi connectivity index (χ1n) is 8.66. The maximum atomic E-state index is 10.5. The summed E-state index contributed by atoms with van der Waals surface area (Å²) in [6.07, 6.45) is -0.734. The topological polar surface area (TPSA) is 101 Å². The van der Waals surface area contributed by atoms with Gasteiger partial charge in [0.15, 0.2) is 11.5 Å². The molecule has 2 heterocycles. The van der Waals surface area contributed by atoms with Gasteiger partial charge in [-0.3, -0.25) is 0 Å². The van der Waals surface area contributed by atoms with Gasteiger partial charge in [-0.15, -0.1) is 0 Å². The monoisotopic (exact) mass is 433 g/mol. The van der Waals surface area contributed by atoms with Crippen LogP contribution in [0.4, 0.5) is 17.6 Å². The van der Waals surface area contributed by atoms with Crippen molar-refractivity contribution in [1.29, 1.82) is 0 Å². The van der Waals surface area contributed by atoms with E-state index in [0.29, 0.717) is 11.5 Å². The third-order valence-corrected chi connectivity index (χ3v) is 4.38. The van der Waals surface area contributed by atoms with Gasteiger partial charge >= 0.3 is 0 Å². The van der Waals surface area contributed by atoms with Crippen LogP contribution >= 0.6 is 25.1 Å². The average molecular weight is 434 g/mol. The lowest BCUT2D eigenvalue weighted by molar-refractivity contribution is 0.160. The Bertz CT molecular complexity index is 979. The van der Waals surface area contributed by atoms with E-state index in [0.717, 1.165) is 11.3 Å². The number of aliphatic hydroxyl groups is 1. The van der Waals surface area contributed by atoms with E-state index in [1.165, 1.54) is 0 Å². The van der Waals surface area contributed by atoms with Crippen molar-refractivity contribution in [2.45, 2.75) is 19.1 Å². The summed E-state index contributed by atoms with van der Waals surface area (Å²) in [5, 5.41) is 16.7. The molecule has 10 heteroatoms. The zero-order chi connectivity index (χ0) is 19.5. The molecule has 0 radical (unpaired) electrons. The molecule has 0 saturated heterocycles. The molecule has 0 saturated carbocycles. The maximum absolute atomic E-state index is 10.5. The largest absolute Gasteiger partial charge is 0.454 e. The normalized spacial score (nSPS) is 13.9. The minimum absolute atomic E-state index is 0.